The topological polar surface area (TPSA) is 18.5 Å². The minimum atomic E-state index is 0.610. The van der Waals surface area contributed by atoms with Crippen LogP contribution in [-0.2, 0) is 6.54 Å². The highest BCUT2D eigenvalue weighted by atomic mass is 32.1. The maximum atomic E-state index is 5.34. The van der Waals surface area contributed by atoms with Gasteiger partial charge in [0.15, 0.2) is 5.11 Å². The number of hydrogen-bond acceptors (Lipinski definition) is 2. The van der Waals surface area contributed by atoms with Gasteiger partial charge in [-0.2, -0.15) is 0 Å². The third-order valence-corrected chi connectivity index (χ3v) is 4.50. The molecule has 2 aliphatic heterocycles. The van der Waals surface area contributed by atoms with Crippen LogP contribution in [0.1, 0.15) is 12.0 Å². The van der Waals surface area contributed by atoms with Crippen molar-refractivity contribution in [3.8, 4) is 0 Å². The third kappa shape index (κ3) is 2.10. The van der Waals surface area contributed by atoms with Crippen LogP contribution in [0.15, 0.2) is 30.3 Å². The average molecular weight is 261 g/mol. The highest BCUT2D eigenvalue weighted by Gasteiger charge is 2.43. The zero-order valence-electron chi connectivity index (χ0n) is 10.7. The molecule has 1 aromatic carbocycles. The van der Waals surface area contributed by atoms with E-state index in [4.69, 9.17) is 12.2 Å². The zero-order valence-corrected chi connectivity index (χ0v) is 11.5. The molecule has 0 aromatic heterocycles. The summed E-state index contributed by atoms with van der Waals surface area (Å²) in [7, 11) is 1.91. The van der Waals surface area contributed by atoms with Gasteiger partial charge in [0.1, 0.15) is 0 Å². The fourth-order valence-corrected chi connectivity index (χ4v) is 3.38. The van der Waals surface area contributed by atoms with Gasteiger partial charge in [0.2, 0.25) is 0 Å². The molecule has 2 aliphatic rings. The Kier molecular flexibility index (Phi) is 3.22. The van der Waals surface area contributed by atoms with Gasteiger partial charge in [0.05, 0.1) is 0 Å². The van der Waals surface area contributed by atoms with Crippen molar-refractivity contribution in [1.82, 2.24) is 15.1 Å². The summed E-state index contributed by atoms with van der Waals surface area (Å²) in [5.74, 6) is 0. The first kappa shape index (κ1) is 11.9. The smallest absolute Gasteiger partial charge is 0.169 e. The Labute approximate surface area is 114 Å². The Hall–Kier alpha value is -1.13. The molecule has 0 spiro atoms. The lowest BCUT2D eigenvalue weighted by Crippen LogP contribution is -2.50. The second-order valence-electron chi connectivity index (χ2n) is 5.17. The van der Waals surface area contributed by atoms with Crippen LogP contribution in [0, 0.1) is 0 Å². The van der Waals surface area contributed by atoms with E-state index in [0.29, 0.717) is 12.1 Å². The van der Waals surface area contributed by atoms with E-state index in [9.17, 15) is 0 Å². The normalized spacial score (nSPS) is 26.6. The highest BCUT2D eigenvalue weighted by molar-refractivity contribution is 7.80. The molecular weight excluding hydrogens is 242 g/mol. The number of nitrogens with one attached hydrogen (secondary N) is 1. The van der Waals surface area contributed by atoms with Gasteiger partial charge in [0.25, 0.3) is 0 Å². The second-order valence-corrected chi connectivity index (χ2v) is 5.55. The Bertz CT molecular complexity index is 434. The number of hydrogen-bond donors (Lipinski definition) is 1. The number of rotatable bonds is 2. The molecule has 1 N–H and O–H groups in total. The first-order valence-corrected chi connectivity index (χ1v) is 6.95. The molecular formula is C14H19N3S. The number of thiocarbonyl (C=S) groups is 1. The summed E-state index contributed by atoms with van der Waals surface area (Å²) in [4.78, 5) is 4.94. The molecule has 0 saturated carbocycles. The molecule has 3 nitrogen and oxygen atoms in total. The van der Waals surface area contributed by atoms with Crippen LogP contribution < -0.4 is 5.32 Å². The standard InChI is InChI=1S/C14H19N3S/c1-15-14(18)17-10-12-7-13(17)9-16(12)8-11-5-3-2-4-6-11/h2-6,12-13H,7-10H2,1H3,(H,15,18). The third-order valence-electron chi connectivity index (χ3n) is 4.06. The van der Waals surface area contributed by atoms with Crippen molar-refractivity contribution in [3.63, 3.8) is 0 Å². The van der Waals surface area contributed by atoms with Crippen LogP contribution in [0.3, 0.4) is 0 Å². The van der Waals surface area contributed by atoms with Crippen LogP contribution in [-0.4, -0.2) is 47.1 Å². The van der Waals surface area contributed by atoms with Crippen LogP contribution in [0.4, 0.5) is 0 Å². The van der Waals surface area contributed by atoms with Crippen molar-refractivity contribution in [2.75, 3.05) is 20.1 Å². The van der Waals surface area contributed by atoms with Gasteiger partial charge in [-0.3, -0.25) is 4.90 Å². The Balaban J connectivity index is 1.62. The Morgan fingerprint density at radius 1 is 1.28 bits per heavy atom. The molecule has 3 rings (SSSR count). The predicted molar refractivity (Wildman–Crippen MR) is 77.4 cm³/mol. The maximum absolute atomic E-state index is 5.34. The molecule has 2 unspecified atom stereocenters. The average Bonchev–Trinajstić information content (AvgIpc) is 2.98. The summed E-state index contributed by atoms with van der Waals surface area (Å²) in [5, 5.41) is 4.00. The van der Waals surface area contributed by atoms with Gasteiger partial charge >= 0.3 is 0 Å². The SMILES string of the molecule is CNC(=S)N1CC2CC1CN2Cc1ccccc1. The minimum absolute atomic E-state index is 0.610. The fraction of sp³-hybridized carbons (Fsp3) is 0.500. The lowest BCUT2D eigenvalue weighted by Gasteiger charge is -2.35. The molecule has 18 heavy (non-hydrogen) atoms. The molecule has 0 amide bonds. The van der Waals surface area contributed by atoms with Gasteiger partial charge < -0.3 is 10.2 Å². The second kappa shape index (κ2) is 4.86. The number of likely N-dealkylation sites (tertiary alicyclic amines) is 2. The number of piperazine rings is 1. The summed E-state index contributed by atoms with van der Waals surface area (Å²) >= 11 is 5.34. The van der Waals surface area contributed by atoms with Crippen molar-refractivity contribution in [3.05, 3.63) is 35.9 Å². The van der Waals surface area contributed by atoms with Gasteiger partial charge in [-0.05, 0) is 24.2 Å². The zero-order chi connectivity index (χ0) is 12.5. The molecule has 96 valence electrons. The van der Waals surface area contributed by atoms with E-state index in [0.717, 1.165) is 24.7 Å². The Morgan fingerprint density at radius 2 is 2.06 bits per heavy atom. The van der Waals surface area contributed by atoms with E-state index in [1.807, 2.05) is 7.05 Å². The molecule has 2 heterocycles. The monoisotopic (exact) mass is 261 g/mol. The molecule has 2 atom stereocenters. The molecule has 2 saturated heterocycles. The molecule has 0 radical (unpaired) electrons. The quantitative estimate of drug-likeness (QED) is 0.812. The van der Waals surface area contributed by atoms with Crippen LogP contribution >= 0.6 is 12.2 Å². The van der Waals surface area contributed by atoms with Crippen molar-refractivity contribution in [2.24, 2.45) is 0 Å². The summed E-state index contributed by atoms with van der Waals surface area (Å²) in [6, 6.07) is 12.0. The summed E-state index contributed by atoms with van der Waals surface area (Å²) in [6.07, 6.45) is 1.26. The predicted octanol–water partition coefficient (Wildman–Crippen LogP) is 1.45. The van der Waals surface area contributed by atoms with E-state index < -0.39 is 0 Å². The summed E-state index contributed by atoms with van der Waals surface area (Å²) in [5.41, 5.74) is 1.41. The van der Waals surface area contributed by atoms with Crippen molar-refractivity contribution >= 4 is 17.3 Å². The molecule has 2 bridgehead atoms. The summed E-state index contributed by atoms with van der Waals surface area (Å²) in [6.45, 7) is 3.29. The van der Waals surface area contributed by atoms with E-state index in [-0.39, 0.29) is 0 Å². The Morgan fingerprint density at radius 3 is 2.67 bits per heavy atom. The largest absolute Gasteiger partial charge is 0.366 e. The fourth-order valence-electron chi connectivity index (χ4n) is 3.15. The van der Waals surface area contributed by atoms with Crippen LogP contribution in [0.2, 0.25) is 0 Å². The van der Waals surface area contributed by atoms with Crippen molar-refractivity contribution < 1.29 is 0 Å². The first-order valence-electron chi connectivity index (χ1n) is 6.54. The lowest BCUT2D eigenvalue weighted by atomic mass is 10.2. The molecule has 1 aromatic rings. The number of benzene rings is 1. The van der Waals surface area contributed by atoms with Crippen LogP contribution in [0.25, 0.3) is 0 Å². The van der Waals surface area contributed by atoms with Gasteiger partial charge in [-0.15, -0.1) is 0 Å². The van der Waals surface area contributed by atoms with Crippen molar-refractivity contribution in [1.29, 1.82) is 0 Å². The van der Waals surface area contributed by atoms with E-state index in [1.54, 1.807) is 0 Å². The van der Waals surface area contributed by atoms with E-state index in [2.05, 4.69) is 45.4 Å². The van der Waals surface area contributed by atoms with E-state index >= 15 is 0 Å². The van der Waals surface area contributed by atoms with Crippen molar-refractivity contribution in [2.45, 2.75) is 25.0 Å². The van der Waals surface area contributed by atoms with Gasteiger partial charge in [-0.1, -0.05) is 30.3 Å². The van der Waals surface area contributed by atoms with Gasteiger partial charge in [0, 0.05) is 38.8 Å². The molecule has 2 fully saturated rings. The maximum Gasteiger partial charge on any atom is 0.169 e. The lowest BCUT2D eigenvalue weighted by molar-refractivity contribution is 0.168. The first-order chi connectivity index (χ1) is 8.78. The highest BCUT2D eigenvalue weighted by Crippen LogP contribution is 2.31. The van der Waals surface area contributed by atoms with Gasteiger partial charge in [-0.25, -0.2) is 0 Å². The number of fused-ring (bicyclic) bond motifs is 2. The minimum Gasteiger partial charge on any atom is -0.366 e. The molecule has 0 aliphatic carbocycles. The number of nitrogens with zero attached hydrogens (tertiary/aromatic N) is 2. The molecule has 4 heteroatoms. The van der Waals surface area contributed by atoms with E-state index in [1.165, 1.54) is 12.0 Å². The van der Waals surface area contributed by atoms with Crippen LogP contribution in [0.5, 0.6) is 0 Å². The summed E-state index contributed by atoms with van der Waals surface area (Å²) < 4.78 is 0.